The molecule has 1 saturated heterocycles. The first-order chi connectivity index (χ1) is 9.31. The predicted octanol–water partition coefficient (Wildman–Crippen LogP) is 2.58. The van der Waals surface area contributed by atoms with Crippen LogP contribution in [0.5, 0.6) is 0 Å². The summed E-state index contributed by atoms with van der Waals surface area (Å²) in [6.45, 7) is 6.24. The summed E-state index contributed by atoms with van der Waals surface area (Å²) < 4.78 is 0. The Morgan fingerprint density at radius 3 is 3.16 bits per heavy atom. The highest BCUT2D eigenvalue weighted by Crippen LogP contribution is 2.22. The molecule has 0 spiro atoms. The minimum Gasteiger partial charge on any atom is -0.306 e. The molecule has 0 N–H and O–H groups in total. The highest BCUT2D eigenvalue weighted by atomic mass is 15.1. The van der Waals surface area contributed by atoms with E-state index in [1.54, 1.807) is 0 Å². The van der Waals surface area contributed by atoms with E-state index in [1.165, 1.54) is 63.0 Å². The van der Waals surface area contributed by atoms with Gasteiger partial charge in [-0.15, -0.1) is 0 Å². The summed E-state index contributed by atoms with van der Waals surface area (Å²) in [5.41, 5.74) is 3.03. The van der Waals surface area contributed by atoms with Crippen molar-refractivity contribution in [3.05, 3.63) is 35.4 Å². The van der Waals surface area contributed by atoms with Gasteiger partial charge in [-0.2, -0.15) is 0 Å². The maximum absolute atomic E-state index is 3.22. The highest BCUT2D eigenvalue weighted by Gasteiger charge is 2.20. The Morgan fingerprint density at radius 1 is 1.32 bits per heavy atom. The van der Waals surface area contributed by atoms with E-state index in [0.29, 0.717) is 0 Å². The summed E-state index contributed by atoms with van der Waals surface area (Å²) in [6.07, 6.45) is 5.41. The molecule has 103 valence electrons. The Hall–Kier alpha value is -0.860. The second kappa shape index (κ2) is 6.06. The minimum atomic E-state index is 0.919. The molecule has 2 aliphatic rings. The second-order valence-electron chi connectivity index (χ2n) is 6.28. The molecule has 1 fully saturated rings. The van der Waals surface area contributed by atoms with Crippen LogP contribution in [0.4, 0.5) is 0 Å². The lowest BCUT2D eigenvalue weighted by Crippen LogP contribution is -2.36. The van der Waals surface area contributed by atoms with Crippen molar-refractivity contribution in [2.75, 3.05) is 33.2 Å². The first kappa shape index (κ1) is 13.1. The zero-order valence-corrected chi connectivity index (χ0v) is 12.1. The second-order valence-corrected chi connectivity index (χ2v) is 6.28. The van der Waals surface area contributed by atoms with Gasteiger partial charge in [-0.05, 0) is 75.0 Å². The first-order valence-corrected chi connectivity index (χ1v) is 7.70. The van der Waals surface area contributed by atoms with E-state index >= 15 is 0 Å². The van der Waals surface area contributed by atoms with Crippen molar-refractivity contribution in [3.63, 3.8) is 0 Å². The molecule has 1 aromatic rings. The number of hydrogen-bond acceptors (Lipinski definition) is 2. The van der Waals surface area contributed by atoms with Gasteiger partial charge in [0.2, 0.25) is 0 Å². The summed E-state index contributed by atoms with van der Waals surface area (Å²) >= 11 is 0. The van der Waals surface area contributed by atoms with Gasteiger partial charge in [0, 0.05) is 19.6 Å². The predicted molar refractivity (Wildman–Crippen MR) is 79.1 cm³/mol. The quantitative estimate of drug-likeness (QED) is 0.821. The zero-order valence-electron chi connectivity index (χ0n) is 12.1. The number of hydrogen-bond donors (Lipinski definition) is 0. The zero-order chi connectivity index (χ0) is 13.1. The van der Waals surface area contributed by atoms with Gasteiger partial charge in [-0.1, -0.05) is 12.1 Å². The van der Waals surface area contributed by atoms with Gasteiger partial charge in [-0.3, -0.25) is 4.90 Å². The van der Waals surface area contributed by atoms with Crippen LogP contribution in [-0.4, -0.2) is 43.0 Å². The molecule has 0 aliphatic carbocycles. The van der Waals surface area contributed by atoms with Crippen molar-refractivity contribution in [1.82, 2.24) is 9.80 Å². The van der Waals surface area contributed by atoms with Crippen LogP contribution in [0, 0.1) is 12.0 Å². The number of fused-ring (bicyclic) bond motifs is 1. The molecule has 0 bridgehead atoms. The average Bonchev–Trinajstić information content (AvgIpc) is 2.45. The molecule has 2 heterocycles. The van der Waals surface area contributed by atoms with Crippen LogP contribution < -0.4 is 0 Å². The van der Waals surface area contributed by atoms with E-state index in [4.69, 9.17) is 0 Å². The van der Waals surface area contributed by atoms with Crippen LogP contribution in [0.1, 0.15) is 30.4 Å². The van der Waals surface area contributed by atoms with Crippen LogP contribution in [0.15, 0.2) is 18.2 Å². The van der Waals surface area contributed by atoms with Gasteiger partial charge >= 0.3 is 0 Å². The fourth-order valence-corrected chi connectivity index (χ4v) is 3.55. The Labute approximate surface area is 117 Å². The monoisotopic (exact) mass is 257 g/mol. The molecule has 2 heteroatoms. The van der Waals surface area contributed by atoms with Crippen molar-refractivity contribution < 1.29 is 0 Å². The molecule has 2 aliphatic heterocycles. The molecule has 0 aromatic heterocycles. The van der Waals surface area contributed by atoms with Gasteiger partial charge in [-0.25, -0.2) is 0 Å². The van der Waals surface area contributed by atoms with Gasteiger partial charge in [0.1, 0.15) is 0 Å². The fourth-order valence-electron chi connectivity index (χ4n) is 3.55. The van der Waals surface area contributed by atoms with Crippen molar-refractivity contribution in [3.8, 4) is 0 Å². The Bertz CT molecular complexity index is 415. The van der Waals surface area contributed by atoms with Gasteiger partial charge < -0.3 is 4.90 Å². The van der Waals surface area contributed by atoms with E-state index in [1.807, 2.05) is 6.07 Å². The van der Waals surface area contributed by atoms with Crippen LogP contribution in [-0.2, 0) is 13.0 Å². The summed E-state index contributed by atoms with van der Waals surface area (Å²) in [7, 11) is 2.26. The lowest BCUT2D eigenvalue weighted by atomic mass is 9.94. The lowest BCUT2D eigenvalue weighted by molar-refractivity contribution is 0.172. The molecular weight excluding hydrogens is 232 g/mol. The molecule has 1 atom stereocenters. The maximum Gasteiger partial charge on any atom is 0.0236 e. The van der Waals surface area contributed by atoms with Gasteiger partial charge in [0.25, 0.3) is 0 Å². The summed E-state index contributed by atoms with van der Waals surface area (Å²) in [5.74, 6) is 0.919. The summed E-state index contributed by atoms with van der Waals surface area (Å²) in [6, 6.07) is 9.68. The van der Waals surface area contributed by atoms with E-state index in [2.05, 4.69) is 35.0 Å². The number of nitrogens with zero attached hydrogens (tertiary/aromatic N) is 2. The topological polar surface area (TPSA) is 6.48 Å². The van der Waals surface area contributed by atoms with E-state index < -0.39 is 0 Å². The number of piperidine rings is 1. The fraction of sp³-hybridized carbons (Fsp3) is 0.647. The molecule has 1 aromatic carbocycles. The van der Waals surface area contributed by atoms with Crippen LogP contribution in [0.2, 0.25) is 0 Å². The number of benzene rings is 1. The van der Waals surface area contributed by atoms with Crippen molar-refractivity contribution in [1.29, 1.82) is 0 Å². The molecule has 2 nitrogen and oxygen atoms in total. The molecule has 0 saturated carbocycles. The van der Waals surface area contributed by atoms with Crippen LogP contribution in [0.3, 0.4) is 0 Å². The van der Waals surface area contributed by atoms with Crippen molar-refractivity contribution in [2.45, 2.75) is 32.2 Å². The minimum absolute atomic E-state index is 0.919. The van der Waals surface area contributed by atoms with E-state index in [-0.39, 0.29) is 0 Å². The smallest absolute Gasteiger partial charge is 0.0236 e. The molecule has 1 radical (unpaired) electrons. The van der Waals surface area contributed by atoms with E-state index in [0.717, 1.165) is 12.5 Å². The van der Waals surface area contributed by atoms with E-state index in [9.17, 15) is 0 Å². The van der Waals surface area contributed by atoms with Gasteiger partial charge in [0.05, 0.1) is 0 Å². The molecule has 0 amide bonds. The number of rotatable bonds is 3. The molecule has 19 heavy (non-hydrogen) atoms. The standard InChI is InChI=1S/C17H25N2/c1-18-10-4-5-15(13-18)8-11-19-12-9-16-6-2-3-7-17(16)14-19/h2,6-7,15H,4-5,8-14H2,1H3. The third-order valence-corrected chi connectivity index (χ3v) is 4.72. The van der Waals surface area contributed by atoms with Crippen LogP contribution in [0.25, 0.3) is 0 Å². The Balaban J connectivity index is 1.49. The lowest BCUT2D eigenvalue weighted by Gasteiger charge is -2.33. The van der Waals surface area contributed by atoms with Crippen molar-refractivity contribution >= 4 is 0 Å². The third-order valence-electron chi connectivity index (χ3n) is 4.72. The largest absolute Gasteiger partial charge is 0.306 e. The summed E-state index contributed by atoms with van der Waals surface area (Å²) in [5, 5.41) is 0. The maximum atomic E-state index is 3.22. The SMILES string of the molecule is CN1CCCC(CCN2CCc3cc[c]cc3C2)C1. The average molecular weight is 257 g/mol. The summed E-state index contributed by atoms with van der Waals surface area (Å²) in [4.78, 5) is 5.12. The number of likely N-dealkylation sites (tertiary alicyclic amines) is 1. The Kier molecular flexibility index (Phi) is 4.19. The van der Waals surface area contributed by atoms with Crippen molar-refractivity contribution in [2.24, 2.45) is 5.92 Å². The van der Waals surface area contributed by atoms with Gasteiger partial charge in [0.15, 0.2) is 0 Å². The third kappa shape index (κ3) is 3.37. The Morgan fingerprint density at radius 2 is 2.26 bits per heavy atom. The molecule has 1 unspecified atom stereocenters. The first-order valence-electron chi connectivity index (χ1n) is 7.70. The highest BCUT2D eigenvalue weighted by molar-refractivity contribution is 5.28. The van der Waals surface area contributed by atoms with Crippen LogP contribution >= 0.6 is 0 Å². The molecule has 3 rings (SSSR count). The normalized spacial score (nSPS) is 25.2. The molecular formula is C17H25N2.